The molecule has 0 fully saturated rings. The Morgan fingerprint density at radius 1 is 0.400 bits per heavy atom. The number of carbonyl (C=O) groups excluding carboxylic acids is 1. The highest BCUT2D eigenvalue weighted by atomic mass is 16.3. The molecule has 0 aliphatic carbocycles. The zero-order chi connectivity index (χ0) is 43.5. The van der Waals surface area contributed by atoms with E-state index in [0.29, 0.717) is 6.42 Å². The lowest BCUT2D eigenvalue weighted by Gasteiger charge is -2.19. The second-order valence-electron chi connectivity index (χ2n) is 17.9. The lowest BCUT2D eigenvalue weighted by molar-refractivity contribution is -0.123. The van der Waals surface area contributed by atoms with Crippen LogP contribution >= 0.6 is 0 Å². The largest absolute Gasteiger partial charge is 0.394 e. The lowest BCUT2D eigenvalue weighted by Crippen LogP contribution is -2.45. The molecular weight excluding hydrogens is 735 g/mol. The molecule has 2 atom stereocenters. The van der Waals surface area contributed by atoms with E-state index in [9.17, 15) is 15.0 Å². The molecule has 0 aromatic rings. The Balaban J connectivity index is 3.52. The number of nitrogens with one attached hydrogen (secondary N) is 1. The Morgan fingerprint density at radius 3 is 1.08 bits per heavy atom. The number of aliphatic hydroxyl groups is 2. The zero-order valence-electron chi connectivity index (χ0n) is 40.2. The summed E-state index contributed by atoms with van der Waals surface area (Å²) in [4.78, 5) is 12.4. The van der Waals surface area contributed by atoms with Crippen molar-refractivity contribution in [2.24, 2.45) is 0 Å². The van der Waals surface area contributed by atoms with Crippen molar-refractivity contribution in [1.29, 1.82) is 0 Å². The minimum absolute atomic E-state index is 0.0730. The van der Waals surface area contributed by atoms with Crippen LogP contribution in [0.15, 0.2) is 60.8 Å². The average Bonchev–Trinajstić information content (AvgIpc) is 3.25. The molecule has 4 heteroatoms. The van der Waals surface area contributed by atoms with Crippen LogP contribution in [0.5, 0.6) is 0 Å². The van der Waals surface area contributed by atoms with Gasteiger partial charge in [0.05, 0.1) is 18.8 Å². The second kappa shape index (κ2) is 51.4. The van der Waals surface area contributed by atoms with Crippen molar-refractivity contribution in [2.75, 3.05) is 6.61 Å². The van der Waals surface area contributed by atoms with Crippen molar-refractivity contribution in [3.63, 3.8) is 0 Å². The van der Waals surface area contributed by atoms with Gasteiger partial charge in [-0.2, -0.15) is 0 Å². The van der Waals surface area contributed by atoms with E-state index in [0.717, 1.165) is 44.9 Å². The van der Waals surface area contributed by atoms with E-state index in [4.69, 9.17) is 0 Å². The van der Waals surface area contributed by atoms with Gasteiger partial charge in [-0.05, 0) is 70.6 Å². The van der Waals surface area contributed by atoms with Crippen LogP contribution in [0, 0.1) is 0 Å². The molecule has 0 aliphatic rings. The minimum atomic E-state index is -0.863. The molecule has 0 saturated carbocycles. The van der Waals surface area contributed by atoms with E-state index < -0.39 is 12.1 Å². The zero-order valence-corrected chi connectivity index (χ0v) is 40.2. The second-order valence-corrected chi connectivity index (χ2v) is 17.9. The number of unbranched alkanes of at least 4 members (excludes halogenated alkanes) is 33. The van der Waals surface area contributed by atoms with Gasteiger partial charge in [-0.25, -0.2) is 0 Å². The van der Waals surface area contributed by atoms with E-state index in [2.05, 4.69) is 67.8 Å². The van der Waals surface area contributed by atoms with Crippen molar-refractivity contribution in [2.45, 2.75) is 283 Å². The van der Waals surface area contributed by atoms with Crippen LogP contribution in [0.4, 0.5) is 0 Å². The highest BCUT2D eigenvalue weighted by Gasteiger charge is 2.17. The molecule has 0 saturated heterocycles. The first-order chi connectivity index (χ1) is 29.7. The summed E-state index contributed by atoms with van der Waals surface area (Å²) in [5, 5.41) is 23.1. The van der Waals surface area contributed by atoms with E-state index >= 15 is 0 Å². The van der Waals surface area contributed by atoms with Crippen LogP contribution in [0.25, 0.3) is 0 Å². The molecule has 350 valence electrons. The van der Waals surface area contributed by atoms with Gasteiger partial charge in [0.25, 0.3) is 0 Å². The summed E-state index contributed by atoms with van der Waals surface area (Å²) in [5.74, 6) is -0.0730. The number of hydrogen-bond acceptors (Lipinski definition) is 3. The summed E-state index contributed by atoms with van der Waals surface area (Å²) in [6, 6.07) is -0.640. The van der Waals surface area contributed by atoms with Crippen molar-refractivity contribution >= 4 is 5.91 Å². The molecule has 4 nitrogen and oxygen atoms in total. The summed E-state index contributed by atoms with van der Waals surface area (Å²) in [6.07, 6.45) is 72.2. The smallest absolute Gasteiger partial charge is 0.220 e. The molecule has 0 rings (SSSR count). The van der Waals surface area contributed by atoms with Gasteiger partial charge in [-0.1, -0.05) is 254 Å². The Kier molecular flexibility index (Phi) is 49.8. The van der Waals surface area contributed by atoms with Crippen LogP contribution in [0.1, 0.15) is 271 Å². The van der Waals surface area contributed by atoms with Gasteiger partial charge in [0.2, 0.25) is 5.91 Å². The highest BCUT2D eigenvalue weighted by Crippen LogP contribution is 2.16. The first-order valence-electron chi connectivity index (χ1n) is 26.5. The fourth-order valence-corrected chi connectivity index (χ4v) is 7.91. The molecule has 1 amide bonds. The molecular formula is C56H103NO3. The molecule has 0 heterocycles. The third kappa shape index (κ3) is 47.1. The van der Waals surface area contributed by atoms with Gasteiger partial charge in [0.15, 0.2) is 0 Å². The monoisotopic (exact) mass is 838 g/mol. The fourth-order valence-electron chi connectivity index (χ4n) is 7.91. The topological polar surface area (TPSA) is 69.6 Å². The van der Waals surface area contributed by atoms with E-state index in [1.165, 1.54) is 205 Å². The first-order valence-corrected chi connectivity index (χ1v) is 26.5. The van der Waals surface area contributed by atoms with Crippen molar-refractivity contribution in [3.05, 3.63) is 60.8 Å². The quantitative estimate of drug-likeness (QED) is 0.0422. The maximum atomic E-state index is 12.4. The van der Waals surface area contributed by atoms with Gasteiger partial charge in [0, 0.05) is 6.42 Å². The van der Waals surface area contributed by atoms with Crippen molar-refractivity contribution in [3.8, 4) is 0 Å². The van der Waals surface area contributed by atoms with Crippen molar-refractivity contribution < 1.29 is 15.0 Å². The van der Waals surface area contributed by atoms with Crippen LogP contribution in [-0.4, -0.2) is 34.9 Å². The minimum Gasteiger partial charge on any atom is -0.394 e. The number of amides is 1. The number of aliphatic hydroxyl groups excluding tert-OH is 2. The maximum Gasteiger partial charge on any atom is 0.220 e. The van der Waals surface area contributed by atoms with Gasteiger partial charge >= 0.3 is 0 Å². The number of rotatable bonds is 48. The van der Waals surface area contributed by atoms with Gasteiger partial charge in [-0.3, -0.25) is 4.79 Å². The van der Waals surface area contributed by atoms with Crippen LogP contribution in [0.3, 0.4) is 0 Å². The molecule has 3 N–H and O–H groups in total. The Morgan fingerprint density at radius 2 is 0.700 bits per heavy atom. The lowest BCUT2D eigenvalue weighted by atomic mass is 10.0. The average molecular weight is 838 g/mol. The molecule has 0 spiro atoms. The molecule has 0 bridgehead atoms. The first kappa shape index (κ1) is 58.1. The van der Waals surface area contributed by atoms with Crippen LogP contribution in [-0.2, 0) is 4.79 Å². The molecule has 0 aliphatic heterocycles. The summed E-state index contributed by atoms with van der Waals surface area (Å²) in [6.45, 7) is 4.30. The molecule has 0 aromatic heterocycles. The molecule has 60 heavy (non-hydrogen) atoms. The molecule has 0 radical (unpaired) electrons. The van der Waals surface area contributed by atoms with Crippen LogP contribution in [0.2, 0.25) is 0 Å². The van der Waals surface area contributed by atoms with Gasteiger partial charge in [-0.15, -0.1) is 0 Å². The standard InChI is InChI=1S/C56H103NO3/c1-3-5-7-9-11-13-15-17-19-21-22-23-24-25-26-27-28-29-30-31-32-33-34-36-38-40-42-44-46-48-50-52-56(60)57-54(53-58)55(59)51-49-47-45-43-41-39-37-35-20-18-16-14-12-10-8-6-4-2/h15,17,21-22,24-25,41,43,49,51,54-55,58-59H,3-14,16,18-20,23,26-40,42,44-48,50,52-53H2,1-2H3,(H,57,60)/b17-15-,22-21-,25-24-,43-41+,51-49+. The number of hydrogen-bond donors (Lipinski definition) is 3. The molecule has 2 unspecified atom stereocenters. The van der Waals surface area contributed by atoms with Crippen LogP contribution < -0.4 is 5.32 Å². The normalized spacial score (nSPS) is 13.3. The van der Waals surface area contributed by atoms with Crippen molar-refractivity contribution in [1.82, 2.24) is 5.32 Å². The van der Waals surface area contributed by atoms with Gasteiger partial charge in [0.1, 0.15) is 0 Å². The predicted octanol–water partition coefficient (Wildman–Crippen LogP) is 17.2. The molecule has 0 aromatic carbocycles. The number of carbonyl (C=O) groups is 1. The number of allylic oxidation sites excluding steroid dienone is 9. The summed E-state index contributed by atoms with van der Waals surface area (Å²) < 4.78 is 0. The summed E-state index contributed by atoms with van der Waals surface area (Å²) in [7, 11) is 0. The van der Waals surface area contributed by atoms with Gasteiger partial charge < -0.3 is 15.5 Å². The Hall–Kier alpha value is -1.91. The Labute approximate surface area is 375 Å². The maximum absolute atomic E-state index is 12.4. The van der Waals surface area contributed by atoms with E-state index in [1.807, 2.05) is 6.08 Å². The third-order valence-corrected chi connectivity index (χ3v) is 12.0. The fraction of sp³-hybridized carbons (Fsp3) is 0.804. The summed E-state index contributed by atoms with van der Waals surface area (Å²) in [5.41, 5.74) is 0. The van der Waals surface area contributed by atoms with E-state index in [1.54, 1.807) is 6.08 Å². The predicted molar refractivity (Wildman–Crippen MR) is 267 cm³/mol. The third-order valence-electron chi connectivity index (χ3n) is 12.0. The SMILES string of the molecule is CCCCCCC/C=C\C/C=C\C/C=C\CCCCCCCCCCCCCCCCCCC(=O)NC(CO)C(O)/C=C/CC/C=C/CCCCCCCCCCCCC. The van der Waals surface area contributed by atoms with E-state index in [-0.39, 0.29) is 12.5 Å². The highest BCUT2D eigenvalue weighted by molar-refractivity contribution is 5.76. The summed E-state index contributed by atoms with van der Waals surface area (Å²) >= 11 is 0. The Bertz CT molecular complexity index is 996.